The molecule has 23 heavy (non-hydrogen) atoms. The van der Waals surface area contributed by atoms with E-state index in [-0.39, 0.29) is 5.91 Å². The van der Waals surface area contributed by atoms with Crippen LogP contribution in [0.15, 0.2) is 35.4 Å². The van der Waals surface area contributed by atoms with Crippen molar-refractivity contribution in [2.24, 2.45) is 5.10 Å². The van der Waals surface area contributed by atoms with Crippen LogP contribution < -0.4 is 5.43 Å². The minimum Gasteiger partial charge on any atom is -0.266 e. The van der Waals surface area contributed by atoms with Crippen molar-refractivity contribution in [1.29, 1.82) is 0 Å². The third kappa shape index (κ3) is 3.82. The molecular weight excluding hydrogens is 328 g/mol. The average Bonchev–Trinajstić information content (AvgIpc) is 3.01. The summed E-state index contributed by atoms with van der Waals surface area (Å²) in [5.41, 5.74) is 5.85. The lowest BCUT2D eigenvalue weighted by Gasteiger charge is -2.08. The molecule has 2 aromatic rings. The third-order valence-electron chi connectivity index (χ3n) is 4.03. The molecular formula is C18H19ClN2OS. The van der Waals surface area contributed by atoms with Crippen LogP contribution in [0.25, 0.3) is 0 Å². The number of nitrogens with zero attached hydrogens (tertiary/aromatic N) is 1. The summed E-state index contributed by atoms with van der Waals surface area (Å²) < 4.78 is 0. The second-order valence-electron chi connectivity index (χ2n) is 5.63. The van der Waals surface area contributed by atoms with Gasteiger partial charge in [0, 0.05) is 9.90 Å². The van der Waals surface area contributed by atoms with Crippen molar-refractivity contribution >= 4 is 34.6 Å². The van der Waals surface area contributed by atoms with Crippen LogP contribution in [-0.4, -0.2) is 11.6 Å². The molecule has 3 nitrogen and oxygen atoms in total. The first-order chi connectivity index (χ1) is 11.2. The van der Waals surface area contributed by atoms with Gasteiger partial charge in [-0.2, -0.15) is 5.10 Å². The molecule has 0 saturated heterocycles. The van der Waals surface area contributed by atoms with Crippen LogP contribution in [0, 0.1) is 0 Å². The van der Waals surface area contributed by atoms with Gasteiger partial charge in [-0.3, -0.25) is 4.79 Å². The van der Waals surface area contributed by atoms with Crippen LogP contribution in [0.2, 0.25) is 5.02 Å². The van der Waals surface area contributed by atoms with E-state index in [4.69, 9.17) is 11.6 Å². The molecule has 120 valence electrons. The second-order valence-corrected chi connectivity index (χ2v) is 7.20. The highest BCUT2D eigenvalue weighted by Gasteiger charge is 2.17. The van der Waals surface area contributed by atoms with Crippen LogP contribution in [0.3, 0.4) is 0 Å². The molecule has 0 spiro atoms. The highest BCUT2D eigenvalue weighted by Crippen LogP contribution is 2.29. The summed E-state index contributed by atoms with van der Waals surface area (Å²) in [7, 11) is 0. The van der Waals surface area contributed by atoms with E-state index in [0.717, 1.165) is 35.4 Å². The first-order valence-electron chi connectivity index (χ1n) is 7.92. The number of carbonyl (C=O) groups excluding carboxylic acids is 1. The molecule has 1 aliphatic carbocycles. The molecule has 1 heterocycles. The molecule has 0 saturated carbocycles. The number of benzene rings is 1. The van der Waals surface area contributed by atoms with Gasteiger partial charge in [-0.1, -0.05) is 30.7 Å². The first kappa shape index (κ1) is 16.2. The van der Waals surface area contributed by atoms with Crippen LogP contribution in [0.4, 0.5) is 0 Å². The van der Waals surface area contributed by atoms with E-state index < -0.39 is 0 Å². The minimum atomic E-state index is -0.121. The Labute approximate surface area is 145 Å². The summed E-state index contributed by atoms with van der Waals surface area (Å²) in [4.78, 5) is 14.5. The molecule has 0 unspecified atom stereocenters. The number of amides is 1. The summed E-state index contributed by atoms with van der Waals surface area (Å²) >= 11 is 7.51. The van der Waals surface area contributed by atoms with Crippen molar-refractivity contribution in [3.05, 3.63) is 56.2 Å². The van der Waals surface area contributed by atoms with Gasteiger partial charge in [-0.15, -0.1) is 11.3 Å². The van der Waals surface area contributed by atoms with Crippen LogP contribution >= 0.6 is 22.9 Å². The maximum absolute atomic E-state index is 12.3. The molecule has 0 radical (unpaired) electrons. The molecule has 0 atom stereocenters. The summed E-state index contributed by atoms with van der Waals surface area (Å²) in [6.07, 6.45) is 5.38. The number of hydrogen-bond donors (Lipinski definition) is 1. The number of hydrogen-bond acceptors (Lipinski definition) is 3. The third-order valence-corrected chi connectivity index (χ3v) is 5.51. The number of nitrogens with one attached hydrogen (secondary N) is 1. The lowest BCUT2D eigenvalue weighted by molar-refractivity contribution is 0.0959. The minimum absolute atomic E-state index is 0.121. The van der Waals surface area contributed by atoms with Gasteiger partial charge in [0.25, 0.3) is 5.91 Å². The van der Waals surface area contributed by atoms with Crippen molar-refractivity contribution in [1.82, 2.24) is 5.43 Å². The monoisotopic (exact) mass is 346 g/mol. The average molecular weight is 347 g/mol. The molecule has 1 N–H and O–H groups in total. The number of aryl methyl sites for hydroxylation is 2. The van der Waals surface area contributed by atoms with Crippen LogP contribution in [-0.2, 0) is 12.8 Å². The van der Waals surface area contributed by atoms with Crippen molar-refractivity contribution < 1.29 is 4.79 Å². The largest absolute Gasteiger partial charge is 0.281 e. The number of halogens is 1. The van der Waals surface area contributed by atoms with E-state index in [1.807, 2.05) is 37.3 Å². The summed E-state index contributed by atoms with van der Waals surface area (Å²) in [5, 5.41) is 5.00. The van der Waals surface area contributed by atoms with E-state index in [0.29, 0.717) is 5.02 Å². The lowest BCUT2D eigenvalue weighted by Crippen LogP contribution is -2.19. The molecule has 0 aliphatic heterocycles. The standard InChI is InChI=1S/C18H19ClN2OS/c1-2-15(12-7-9-14(19)10-8-12)20-21-18(22)17-11-13-5-3-4-6-16(13)23-17/h7-11H,2-6H2,1H3,(H,21,22)/b20-15+. The Balaban J connectivity index is 1.73. The molecule has 3 rings (SSSR count). The lowest BCUT2D eigenvalue weighted by atomic mass is 9.99. The number of hydrazone groups is 1. The fraction of sp³-hybridized carbons (Fsp3) is 0.333. The van der Waals surface area contributed by atoms with Crippen molar-refractivity contribution in [3.8, 4) is 0 Å². The molecule has 1 aliphatic rings. The molecule has 1 aromatic carbocycles. The zero-order valence-corrected chi connectivity index (χ0v) is 14.6. The van der Waals surface area contributed by atoms with E-state index in [9.17, 15) is 4.79 Å². The van der Waals surface area contributed by atoms with E-state index in [2.05, 4.69) is 10.5 Å². The van der Waals surface area contributed by atoms with Crippen molar-refractivity contribution in [2.75, 3.05) is 0 Å². The smallest absolute Gasteiger partial charge is 0.266 e. The Morgan fingerprint density at radius 3 is 2.70 bits per heavy atom. The summed E-state index contributed by atoms with van der Waals surface area (Å²) in [6, 6.07) is 9.52. The normalized spacial score (nSPS) is 14.4. The van der Waals surface area contributed by atoms with Crippen LogP contribution in [0.5, 0.6) is 0 Å². The van der Waals surface area contributed by atoms with Crippen LogP contribution in [0.1, 0.15) is 51.9 Å². The zero-order chi connectivity index (χ0) is 16.2. The Morgan fingerprint density at radius 1 is 1.26 bits per heavy atom. The molecule has 5 heteroatoms. The van der Waals surface area contributed by atoms with Gasteiger partial charge in [0.2, 0.25) is 0 Å². The second kappa shape index (κ2) is 7.28. The number of fused-ring (bicyclic) bond motifs is 1. The van der Waals surface area contributed by atoms with E-state index in [1.165, 1.54) is 23.3 Å². The van der Waals surface area contributed by atoms with Gasteiger partial charge < -0.3 is 0 Å². The maximum atomic E-state index is 12.3. The zero-order valence-electron chi connectivity index (χ0n) is 13.1. The Kier molecular flexibility index (Phi) is 5.13. The van der Waals surface area contributed by atoms with E-state index >= 15 is 0 Å². The number of carbonyl (C=O) groups is 1. The quantitative estimate of drug-likeness (QED) is 0.625. The highest BCUT2D eigenvalue weighted by atomic mass is 35.5. The van der Waals surface area contributed by atoms with Gasteiger partial charge in [-0.25, -0.2) is 5.43 Å². The Morgan fingerprint density at radius 2 is 2.00 bits per heavy atom. The van der Waals surface area contributed by atoms with Crippen molar-refractivity contribution in [3.63, 3.8) is 0 Å². The van der Waals surface area contributed by atoms with E-state index in [1.54, 1.807) is 11.3 Å². The predicted octanol–water partition coefficient (Wildman–Crippen LogP) is 4.82. The topological polar surface area (TPSA) is 41.5 Å². The molecule has 1 amide bonds. The summed E-state index contributed by atoms with van der Waals surface area (Å²) in [6.45, 7) is 2.02. The van der Waals surface area contributed by atoms with Gasteiger partial charge in [0.1, 0.15) is 0 Å². The Hall–Kier alpha value is -1.65. The fourth-order valence-electron chi connectivity index (χ4n) is 2.77. The SMILES string of the molecule is CC/C(=N\NC(=O)c1cc2c(s1)CCCC2)c1ccc(Cl)cc1. The van der Waals surface area contributed by atoms with Gasteiger partial charge in [0.05, 0.1) is 10.6 Å². The molecule has 1 aromatic heterocycles. The molecule has 0 fully saturated rings. The highest BCUT2D eigenvalue weighted by molar-refractivity contribution is 7.14. The maximum Gasteiger partial charge on any atom is 0.281 e. The number of thiophene rings is 1. The van der Waals surface area contributed by atoms with Crippen molar-refractivity contribution in [2.45, 2.75) is 39.0 Å². The number of rotatable bonds is 4. The van der Waals surface area contributed by atoms with Gasteiger partial charge in [0.15, 0.2) is 0 Å². The van der Waals surface area contributed by atoms with Gasteiger partial charge >= 0.3 is 0 Å². The fourth-order valence-corrected chi connectivity index (χ4v) is 4.04. The first-order valence-corrected chi connectivity index (χ1v) is 9.11. The summed E-state index contributed by atoms with van der Waals surface area (Å²) in [5.74, 6) is -0.121. The molecule has 0 bridgehead atoms. The van der Waals surface area contributed by atoms with Gasteiger partial charge in [-0.05, 0) is 61.4 Å². The Bertz CT molecular complexity index is 710. The predicted molar refractivity (Wildman–Crippen MR) is 96.7 cm³/mol.